The lowest BCUT2D eigenvalue weighted by atomic mass is 10.0. The van der Waals surface area contributed by atoms with Crippen LogP contribution in [0.2, 0.25) is 0 Å². The molecular weight excluding hydrogens is 400 g/mol. The third-order valence-electron chi connectivity index (χ3n) is 6.28. The van der Waals surface area contributed by atoms with E-state index in [0.717, 1.165) is 25.1 Å². The molecule has 3 aromatic rings. The Labute approximate surface area is 190 Å². The number of hydrogen-bond acceptors (Lipinski definition) is 5. The number of aromatic nitrogens is 2. The van der Waals surface area contributed by atoms with Gasteiger partial charge in [-0.1, -0.05) is 73.6 Å². The number of benzene rings is 2. The van der Waals surface area contributed by atoms with Gasteiger partial charge in [0.25, 0.3) is 0 Å². The molecule has 168 valence electrons. The predicted molar refractivity (Wildman–Crippen MR) is 125 cm³/mol. The Hall–Kier alpha value is -2.99. The van der Waals surface area contributed by atoms with Crippen LogP contribution >= 0.6 is 0 Å². The van der Waals surface area contributed by atoms with Gasteiger partial charge in [0.05, 0.1) is 0 Å². The fourth-order valence-corrected chi connectivity index (χ4v) is 4.21. The molecular formula is C26H32N4O2. The third kappa shape index (κ3) is 5.43. The molecule has 1 amide bonds. The molecule has 2 unspecified atom stereocenters. The van der Waals surface area contributed by atoms with Crippen molar-refractivity contribution in [3.05, 3.63) is 71.6 Å². The van der Waals surface area contributed by atoms with Gasteiger partial charge in [-0.2, -0.15) is 4.98 Å². The van der Waals surface area contributed by atoms with Crippen LogP contribution in [-0.4, -0.2) is 40.1 Å². The number of carbonyl (C=O) groups is 1. The Morgan fingerprint density at radius 3 is 2.56 bits per heavy atom. The van der Waals surface area contributed by atoms with E-state index in [1.165, 1.54) is 11.1 Å². The lowest BCUT2D eigenvalue weighted by molar-refractivity contribution is -0.121. The van der Waals surface area contributed by atoms with Crippen LogP contribution in [0.25, 0.3) is 11.4 Å². The zero-order valence-corrected chi connectivity index (χ0v) is 19.1. The Kier molecular flexibility index (Phi) is 7.00. The van der Waals surface area contributed by atoms with Crippen molar-refractivity contribution in [3.8, 4) is 11.4 Å². The zero-order chi connectivity index (χ0) is 22.5. The maximum absolute atomic E-state index is 12.5. The standard InChI is InChI=1S/C26H32N4O2/c1-18(2)20-9-11-22(12-10-20)26-28-25(32-29-26)14-13-24(31)27-23-15-16-30(17-23)19(3)21-7-5-4-6-8-21/h4-12,18-19,23H,13-17H2,1-3H3,(H,27,31). The fourth-order valence-electron chi connectivity index (χ4n) is 4.21. The summed E-state index contributed by atoms with van der Waals surface area (Å²) in [6.45, 7) is 8.42. The van der Waals surface area contributed by atoms with Crippen LogP contribution in [0.5, 0.6) is 0 Å². The molecule has 0 bridgehead atoms. The molecule has 1 aliphatic heterocycles. The molecule has 1 fully saturated rings. The van der Waals surface area contributed by atoms with Gasteiger partial charge in [0.1, 0.15) is 0 Å². The van der Waals surface area contributed by atoms with Crippen molar-refractivity contribution in [3.63, 3.8) is 0 Å². The van der Waals surface area contributed by atoms with Crippen molar-refractivity contribution in [2.24, 2.45) is 0 Å². The SMILES string of the molecule is CC(C)c1ccc(-c2noc(CCC(=O)NC3CCN(C(C)c4ccccc4)C3)n2)cc1. The third-order valence-corrected chi connectivity index (χ3v) is 6.28. The predicted octanol–water partition coefficient (Wildman–Crippen LogP) is 4.74. The minimum absolute atomic E-state index is 0.0326. The quantitative estimate of drug-likeness (QED) is 0.556. The number of amides is 1. The van der Waals surface area contributed by atoms with E-state index < -0.39 is 0 Å². The Morgan fingerprint density at radius 1 is 1.09 bits per heavy atom. The van der Waals surface area contributed by atoms with Crippen LogP contribution < -0.4 is 5.32 Å². The minimum atomic E-state index is 0.0326. The monoisotopic (exact) mass is 432 g/mol. The number of likely N-dealkylation sites (tertiary alicyclic amines) is 1. The van der Waals surface area contributed by atoms with Gasteiger partial charge in [-0.15, -0.1) is 0 Å². The molecule has 1 aliphatic rings. The first-order chi connectivity index (χ1) is 15.5. The van der Waals surface area contributed by atoms with E-state index in [-0.39, 0.29) is 11.9 Å². The second-order valence-corrected chi connectivity index (χ2v) is 8.92. The van der Waals surface area contributed by atoms with Crippen LogP contribution in [0.15, 0.2) is 59.1 Å². The second-order valence-electron chi connectivity index (χ2n) is 8.92. The van der Waals surface area contributed by atoms with Crippen molar-refractivity contribution >= 4 is 5.91 Å². The Morgan fingerprint density at radius 2 is 1.84 bits per heavy atom. The topological polar surface area (TPSA) is 71.3 Å². The highest BCUT2D eigenvalue weighted by atomic mass is 16.5. The van der Waals surface area contributed by atoms with Crippen LogP contribution in [-0.2, 0) is 11.2 Å². The molecule has 1 aromatic heterocycles. The summed E-state index contributed by atoms with van der Waals surface area (Å²) in [7, 11) is 0. The summed E-state index contributed by atoms with van der Waals surface area (Å²) in [6.07, 6.45) is 1.76. The summed E-state index contributed by atoms with van der Waals surface area (Å²) < 4.78 is 5.37. The van der Waals surface area contributed by atoms with E-state index in [1.807, 2.05) is 18.2 Å². The summed E-state index contributed by atoms with van der Waals surface area (Å²) in [4.78, 5) is 19.4. The van der Waals surface area contributed by atoms with Gasteiger partial charge in [0.15, 0.2) is 0 Å². The van der Waals surface area contributed by atoms with Crippen molar-refractivity contribution in [1.82, 2.24) is 20.4 Å². The van der Waals surface area contributed by atoms with Gasteiger partial charge < -0.3 is 9.84 Å². The van der Waals surface area contributed by atoms with Gasteiger partial charge in [0.2, 0.25) is 17.6 Å². The average molecular weight is 433 g/mol. The highest BCUT2D eigenvalue weighted by molar-refractivity contribution is 5.76. The zero-order valence-electron chi connectivity index (χ0n) is 19.1. The fraction of sp³-hybridized carbons (Fsp3) is 0.423. The molecule has 1 N–H and O–H groups in total. The van der Waals surface area contributed by atoms with Crippen LogP contribution in [0.4, 0.5) is 0 Å². The lowest BCUT2D eigenvalue weighted by Crippen LogP contribution is -2.37. The summed E-state index contributed by atoms with van der Waals surface area (Å²) in [5.74, 6) is 1.58. The molecule has 0 aliphatic carbocycles. The highest BCUT2D eigenvalue weighted by Crippen LogP contribution is 2.25. The molecule has 0 spiro atoms. The molecule has 0 radical (unpaired) electrons. The molecule has 32 heavy (non-hydrogen) atoms. The minimum Gasteiger partial charge on any atom is -0.352 e. The number of hydrogen-bond donors (Lipinski definition) is 1. The number of nitrogens with one attached hydrogen (secondary N) is 1. The van der Waals surface area contributed by atoms with Crippen molar-refractivity contribution in [2.45, 2.75) is 58.0 Å². The molecule has 2 atom stereocenters. The number of nitrogens with zero attached hydrogens (tertiary/aromatic N) is 3. The number of aryl methyl sites for hydroxylation is 1. The van der Waals surface area contributed by atoms with E-state index in [1.54, 1.807) is 0 Å². The molecule has 6 nitrogen and oxygen atoms in total. The Balaban J connectivity index is 1.24. The first-order valence-corrected chi connectivity index (χ1v) is 11.5. The molecule has 4 rings (SSSR count). The van der Waals surface area contributed by atoms with Gasteiger partial charge >= 0.3 is 0 Å². The maximum atomic E-state index is 12.5. The van der Waals surface area contributed by atoms with Gasteiger partial charge in [0, 0.05) is 43.6 Å². The number of rotatable bonds is 8. The highest BCUT2D eigenvalue weighted by Gasteiger charge is 2.27. The summed E-state index contributed by atoms with van der Waals surface area (Å²) >= 11 is 0. The molecule has 6 heteroatoms. The molecule has 0 saturated carbocycles. The van der Waals surface area contributed by atoms with Crippen LogP contribution in [0.3, 0.4) is 0 Å². The van der Waals surface area contributed by atoms with Crippen LogP contribution in [0, 0.1) is 0 Å². The van der Waals surface area contributed by atoms with Crippen molar-refractivity contribution in [2.75, 3.05) is 13.1 Å². The lowest BCUT2D eigenvalue weighted by Gasteiger charge is -2.24. The number of carbonyl (C=O) groups excluding carboxylic acids is 1. The Bertz CT molecular complexity index is 1010. The summed E-state index contributed by atoms with van der Waals surface area (Å²) in [5.41, 5.74) is 3.51. The van der Waals surface area contributed by atoms with Gasteiger partial charge in [-0.3, -0.25) is 9.69 Å². The van der Waals surface area contributed by atoms with Gasteiger partial charge in [-0.25, -0.2) is 0 Å². The van der Waals surface area contributed by atoms with E-state index in [4.69, 9.17) is 4.52 Å². The average Bonchev–Trinajstić information content (AvgIpc) is 3.48. The molecule has 2 aromatic carbocycles. The first kappa shape index (κ1) is 22.2. The van der Waals surface area contributed by atoms with E-state index in [9.17, 15) is 4.79 Å². The van der Waals surface area contributed by atoms with E-state index >= 15 is 0 Å². The van der Waals surface area contributed by atoms with E-state index in [0.29, 0.717) is 36.5 Å². The van der Waals surface area contributed by atoms with Crippen molar-refractivity contribution < 1.29 is 9.32 Å². The molecule has 1 saturated heterocycles. The van der Waals surface area contributed by atoms with Gasteiger partial charge in [-0.05, 0) is 30.4 Å². The first-order valence-electron chi connectivity index (χ1n) is 11.5. The van der Waals surface area contributed by atoms with E-state index in [2.05, 4.69) is 77.5 Å². The largest absolute Gasteiger partial charge is 0.352 e. The second kappa shape index (κ2) is 10.1. The smallest absolute Gasteiger partial charge is 0.227 e. The maximum Gasteiger partial charge on any atom is 0.227 e. The summed E-state index contributed by atoms with van der Waals surface area (Å²) in [5, 5.41) is 7.25. The summed E-state index contributed by atoms with van der Waals surface area (Å²) in [6, 6.07) is 19.3. The normalized spacial score (nSPS) is 17.6. The molecule has 2 heterocycles. The van der Waals surface area contributed by atoms with Crippen molar-refractivity contribution in [1.29, 1.82) is 0 Å². The van der Waals surface area contributed by atoms with Crippen LogP contribution in [0.1, 0.15) is 62.6 Å².